The molecule has 0 fully saturated rings. The molecule has 1 aromatic carbocycles. The van der Waals surface area contributed by atoms with Crippen molar-refractivity contribution in [2.45, 2.75) is 25.2 Å². The highest BCUT2D eigenvalue weighted by Crippen LogP contribution is 2.21. The molecule has 1 aromatic heterocycles. The quantitative estimate of drug-likeness (QED) is 0.828. The Labute approximate surface area is 134 Å². The fourth-order valence-corrected chi connectivity index (χ4v) is 1.94. The van der Waals surface area contributed by atoms with Gasteiger partial charge in [0.1, 0.15) is 18.3 Å². The lowest BCUT2D eigenvalue weighted by Crippen LogP contribution is -2.44. The van der Waals surface area contributed by atoms with Crippen molar-refractivity contribution in [3.05, 3.63) is 36.5 Å². The van der Waals surface area contributed by atoms with Crippen LogP contribution < -0.4 is 5.32 Å². The zero-order chi connectivity index (χ0) is 17.7. The van der Waals surface area contributed by atoms with Gasteiger partial charge in [-0.15, -0.1) is 5.10 Å². The van der Waals surface area contributed by atoms with E-state index in [1.54, 1.807) is 24.3 Å². The highest BCUT2D eigenvalue weighted by atomic mass is 19.4. The fourth-order valence-electron chi connectivity index (χ4n) is 1.94. The van der Waals surface area contributed by atoms with E-state index in [1.165, 1.54) is 6.20 Å². The molecule has 24 heavy (non-hydrogen) atoms. The molecule has 0 aliphatic rings. The van der Waals surface area contributed by atoms with Crippen molar-refractivity contribution in [2.75, 3.05) is 0 Å². The van der Waals surface area contributed by atoms with Gasteiger partial charge in [0.25, 0.3) is 0 Å². The standard InChI is InChI=1S/C14H13F3N4O3/c15-14(16,17)6-10(13(23)24)18-12(22)8-21-7-11(19-20-21)9-4-2-1-3-5-9/h1-5,7,10H,6,8H2,(H,18,22)(H,23,24). The van der Waals surface area contributed by atoms with E-state index in [-0.39, 0.29) is 0 Å². The highest BCUT2D eigenvalue weighted by Gasteiger charge is 2.36. The van der Waals surface area contributed by atoms with Gasteiger partial charge in [-0.05, 0) is 0 Å². The molecule has 2 N–H and O–H groups in total. The first-order valence-corrected chi connectivity index (χ1v) is 6.79. The maximum absolute atomic E-state index is 12.3. The number of carbonyl (C=O) groups is 2. The Hall–Kier alpha value is -2.91. The molecule has 2 rings (SSSR count). The molecular formula is C14H13F3N4O3. The van der Waals surface area contributed by atoms with Gasteiger partial charge >= 0.3 is 12.1 Å². The number of aliphatic carboxylic acids is 1. The van der Waals surface area contributed by atoms with Crippen LogP contribution in [0.25, 0.3) is 11.3 Å². The number of rotatable bonds is 6. The van der Waals surface area contributed by atoms with Gasteiger partial charge < -0.3 is 10.4 Å². The Kier molecular flexibility index (Phi) is 5.17. The Morgan fingerprint density at radius 2 is 1.92 bits per heavy atom. The Bertz CT molecular complexity index is 716. The number of carboxylic acids is 1. The molecule has 0 bridgehead atoms. The molecule has 1 unspecified atom stereocenters. The second-order valence-electron chi connectivity index (χ2n) is 4.95. The lowest BCUT2D eigenvalue weighted by Gasteiger charge is -2.16. The maximum Gasteiger partial charge on any atom is 0.391 e. The van der Waals surface area contributed by atoms with E-state index in [1.807, 2.05) is 11.4 Å². The zero-order valence-electron chi connectivity index (χ0n) is 12.2. The second kappa shape index (κ2) is 7.11. The minimum absolute atomic E-state index is 0.443. The van der Waals surface area contributed by atoms with Crippen LogP contribution in [0.4, 0.5) is 13.2 Å². The summed E-state index contributed by atoms with van der Waals surface area (Å²) in [5.74, 6) is -2.67. The van der Waals surface area contributed by atoms with E-state index < -0.39 is 37.1 Å². The molecule has 0 saturated carbocycles. The van der Waals surface area contributed by atoms with Crippen LogP contribution in [0, 0.1) is 0 Å². The van der Waals surface area contributed by atoms with Crippen LogP contribution in [0.15, 0.2) is 36.5 Å². The third kappa shape index (κ3) is 5.07. The molecule has 128 valence electrons. The third-order valence-electron chi connectivity index (χ3n) is 2.98. The highest BCUT2D eigenvalue weighted by molar-refractivity contribution is 5.83. The van der Waals surface area contributed by atoms with Crippen LogP contribution in [0.5, 0.6) is 0 Å². The Morgan fingerprint density at radius 1 is 1.25 bits per heavy atom. The van der Waals surface area contributed by atoms with Crippen LogP contribution >= 0.6 is 0 Å². The molecular weight excluding hydrogens is 329 g/mol. The number of hydrogen-bond donors (Lipinski definition) is 2. The molecule has 10 heteroatoms. The summed E-state index contributed by atoms with van der Waals surface area (Å²) < 4.78 is 38.0. The van der Waals surface area contributed by atoms with Gasteiger partial charge in [-0.25, -0.2) is 9.48 Å². The van der Waals surface area contributed by atoms with Gasteiger partial charge in [0.15, 0.2) is 0 Å². The molecule has 1 amide bonds. The molecule has 0 aliphatic heterocycles. The average molecular weight is 342 g/mol. The van der Waals surface area contributed by atoms with Gasteiger partial charge in [0.05, 0.1) is 12.6 Å². The lowest BCUT2D eigenvalue weighted by molar-refractivity contribution is -0.160. The summed E-state index contributed by atoms with van der Waals surface area (Å²) in [4.78, 5) is 22.5. The van der Waals surface area contributed by atoms with E-state index >= 15 is 0 Å². The average Bonchev–Trinajstić information content (AvgIpc) is 2.94. The molecule has 2 aromatic rings. The Morgan fingerprint density at radius 3 is 2.50 bits per heavy atom. The van der Waals surface area contributed by atoms with Gasteiger partial charge in [0.2, 0.25) is 5.91 Å². The summed E-state index contributed by atoms with van der Waals surface area (Å²) in [5, 5.41) is 18.1. The Balaban J connectivity index is 1.99. The van der Waals surface area contributed by atoms with Gasteiger partial charge in [-0.2, -0.15) is 13.2 Å². The summed E-state index contributed by atoms with van der Waals surface area (Å²) in [5.41, 5.74) is 1.23. The maximum atomic E-state index is 12.3. The fraction of sp³-hybridized carbons (Fsp3) is 0.286. The number of carbonyl (C=O) groups excluding carboxylic acids is 1. The van der Waals surface area contributed by atoms with E-state index in [9.17, 15) is 22.8 Å². The van der Waals surface area contributed by atoms with Gasteiger partial charge in [-0.3, -0.25) is 4.79 Å². The number of halogens is 3. The van der Waals surface area contributed by atoms with Crippen molar-refractivity contribution < 1.29 is 27.9 Å². The first kappa shape index (κ1) is 17.4. The number of benzene rings is 1. The van der Waals surface area contributed by atoms with Crippen molar-refractivity contribution in [3.63, 3.8) is 0 Å². The SMILES string of the molecule is O=C(Cn1cc(-c2ccccc2)nn1)NC(CC(F)(F)F)C(=O)O. The zero-order valence-corrected chi connectivity index (χ0v) is 12.2. The van der Waals surface area contributed by atoms with E-state index in [0.29, 0.717) is 5.69 Å². The molecule has 0 aliphatic carbocycles. The number of amides is 1. The smallest absolute Gasteiger partial charge is 0.391 e. The van der Waals surface area contributed by atoms with Crippen molar-refractivity contribution in [2.24, 2.45) is 0 Å². The molecule has 7 nitrogen and oxygen atoms in total. The minimum Gasteiger partial charge on any atom is -0.480 e. The van der Waals surface area contributed by atoms with E-state index in [2.05, 4.69) is 10.3 Å². The summed E-state index contributed by atoms with van der Waals surface area (Å²) >= 11 is 0. The van der Waals surface area contributed by atoms with E-state index in [4.69, 9.17) is 5.11 Å². The largest absolute Gasteiger partial charge is 0.480 e. The first-order valence-electron chi connectivity index (χ1n) is 6.79. The molecule has 1 atom stereocenters. The lowest BCUT2D eigenvalue weighted by atomic mass is 10.2. The monoisotopic (exact) mass is 342 g/mol. The van der Waals surface area contributed by atoms with Crippen LogP contribution in [0.1, 0.15) is 6.42 Å². The van der Waals surface area contributed by atoms with Crippen LogP contribution in [-0.4, -0.2) is 44.2 Å². The van der Waals surface area contributed by atoms with Crippen LogP contribution in [-0.2, 0) is 16.1 Å². The van der Waals surface area contributed by atoms with Crippen LogP contribution in [0.3, 0.4) is 0 Å². The summed E-state index contributed by atoms with van der Waals surface area (Å²) in [7, 11) is 0. The summed E-state index contributed by atoms with van der Waals surface area (Å²) in [6.07, 6.45) is -4.92. The van der Waals surface area contributed by atoms with Gasteiger partial charge in [0, 0.05) is 5.56 Å². The molecule has 0 saturated heterocycles. The third-order valence-corrected chi connectivity index (χ3v) is 2.98. The van der Waals surface area contributed by atoms with Crippen molar-refractivity contribution in [1.29, 1.82) is 0 Å². The number of nitrogens with one attached hydrogen (secondary N) is 1. The number of alkyl halides is 3. The number of hydrogen-bond acceptors (Lipinski definition) is 4. The predicted molar refractivity (Wildman–Crippen MR) is 75.7 cm³/mol. The molecule has 0 spiro atoms. The predicted octanol–water partition coefficient (Wildman–Crippen LogP) is 1.47. The summed E-state index contributed by atoms with van der Waals surface area (Å²) in [6.45, 7) is -0.443. The first-order chi connectivity index (χ1) is 11.2. The van der Waals surface area contributed by atoms with Crippen LogP contribution in [0.2, 0.25) is 0 Å². The van der Waals surface area contributed by atoms with Crippen molar-refractivity contribution in [3.8, 4) is 11.3 Å². The van der Waals surface area contributed by atoms with E-state index in [0.717, 1.165) is 10.2 Å². The van der Waals surface area contributed by atoms with Crippen molar-refractivity contribution >= 4 is 11.9 Å². The summed E-state index contributed by atoms with van der Waals surface area (Å²) in [6, 6.07) is 6.89. The molecule has 0 radical (unpaired) electrons. The molecule has 1 heterocycles. The minimum atomic E-state index is -4.70. The second-order valence-corrected chi connectivity index (χ2v) is 4.95. The normalized spacial score (nSPS) is 12.6. The van der Waals surface area contributed by atoms with Gasteiger partial charge in [-0.1, -0.05) is 35.5 Å². The number of aromatic nitrogens is 3. The topological polar surface area (TPSA) is 97.1 Å². The number of nitrogens with zero attached hydrogens (tertiary/aromatic N) is 3. The van der Waals surface area contributed by atoms with Crippen molar-refractivity contribution in [1.82, 2.24) is 20.3 Å². The number of carboxylic acid groups (broad SMARTS) is 1.